The molecule has 0 saturated carbocycles. The number of ether oxygens (including phenoxy) is 2. The summed E-state index contributed by atoms with van der Waals surface area (Å²) in [5.74, 6) is 1.41. The summed E-state index contributed by atoms with van der Waals surface area (Å²) >= 11 is 0. The van der Waals surface area contributed by atoms with Gasteiger partial charge in [0.1, 0.15) is 5.75 Å². The average molecular weight is 381 g/mol. The third kappa shape index (κ3) is 2.68. The highest BCUT2D eigenvalue weighted by Crippen LogP contribution is 2.55. The minimum absolute atomic E-state index is 0.278. The highest BCUT2D eigenvalue weighted by Gasteiger charge is 2.64. The Bertz CT molecular complexity index is 810. The van der Waals surface area contributed by atoms with Crippen molar-refractivity contribution in [1.82, 2.24) is 9.21 Å². The van der Waals surface area contributed by atoms with Crippen LogP contribution in [0.5, 0.6) is 5.75 Å². The van der Waals surface area contributed by atoms with Crippen LogP contribution in [0.1, 0.15) is 18.4 Å². The molecule has 4 atom stereocenters. The average Bonchev–Trinajstić information content (AvgIpc) is 3.24. The predicted octanol–water partition coefficient (Wildman–Crippen LogP) is 1.73. The number of nitrogens with zero attached hydrogens (tertiary/aromatic N) is 2. The Kier molecular flexibility index (Phi) is 4.34. The first-order valence-corrected chi connectivity index (χ1v) is 10.7. The Hall–Kier alpha value is -1.15. The second-order valence-corrected chi connectivity index (χ2v) is 10.2. The Morgan fingerprint density at radius 3 is 2.81 bits per heavy atom. The van der Waals surface area contributed by atoms with E-state index in [1.54, 1.807) is 29.6 Å². The van der Waals surface area contributed by atoms with Crippen LogP contribution in [-0.4, -0.2) is 70.2 Å². The van der Waals surface area contributed by atoms with Crippen LogP contribution in [0.2, 0.25) is 0 Å². The van der Waals surface area contributed by atoms with E-state index in [9.17, 15) is 8.42 Å². The highest BCUT2D eigenvalue weighted by atomic mass is 32.2. The fraction of sp³-hybridized carbons (Fsp3) is 0.684. The van der Waals surface area contributed by atoms with Crippen LogP contribution < -0.4 is 4.74 Å². The Morgan fingerprint density at radius 1 is 1.38 bits per heavy atom. The SMILES string of the molecule is COc1ccc(S(=O)(=O)N2C[C@@H]3[C@H](CN(C)C)[C@H]4CC[C@]3(C2)O4)cc1C. The fourth-order valence-electron chi connectivity index (χ4n) is 5.16. The second kappa shape index (κ2) is 6.19. The molecule has 3 heterocycles. The maximum atomic E-state index is 13.2. The summed E-state index contributed by atoms with van der Waals surface area (Å²) in [5, 5.41) is 0. The normalized spacial score (nSPS) is 33.8. The van der Waals surface area contributed by atoms with E-state index in [0.717, 1.165) is 24.9 Å². The van der Waals surface area contributed by atoms with Crippen molar-refractivity contribution >= 4 is 10.0 Å². The summed E-state index contributed by atoms with van der Waals surface area (Å²) in [6, 6.07) is 5.08. The smallest absolute Gasteiger partial charge is 0.243 e. The number of rotatable bonds is 5. The van der Waals surface area contributed by atoms with Crippen molar-refractivity contribution in [1.29, 1.82) is 0 Å². The molecule has 7 heteroatoms. The molecule has 26 heavy (non-hydrogen) atoms. The van der Waals surface area contributed by atoms with Gasteiger partial charge in [-0.1, -0.05) is 0 Å². The number of methoxy groups -OCH3 is 1. The van der Waals surface area contributed by atoms with Gasteiger partial charge in [-0.3, -0.25) is 0 Å². The van der Waals surface area contributed by atoms with E-state index >= 15 is 0 Å². The minimum atomic E-state index is -3.53. The number of aryl methyl sites for hydroxylation is 1. The molecule has 0 radical (unpaired) electrons. The van der Waals surface area contributed by atoms with Gasteiger partial charge in [-0.2, -0.15) is 4.31 Å². The van der Waals surface area contributed by atoms with Crippen molar-refractivity contribution in [3.05, 3.63) is 23.8 Å². The van der Waals surface area contributed by atoms with Gasteiger partial charge in [0, 0.05) is 31.5 Å². The van der Waals surface area contributed by atoms with Gasteiger partial charge in [0.05, 0.1) is 23.7 Å². The molecule has 0 unspecified atom stereocenters. The van der Waals surface area contributed by atoms with Gasteiger partial charge >= 0.3 is 0 Å². The summed E-state index contributed by atoms with van der Waals surface area (Å²) in [6.07, 6.45) is 2.31. The predicted molar refractivity (Wildman–Crippen MR) is 98.9 cm³/mol. The van der Waals surface area contributed by atoms with Gasteiger partial charge in [0.15, 0.2) is 0 Å². The zero-order valence-electron chi connectivity index (χ0n) is 15.9. The molecule has 0 amide bonds. The molecular weight excluding hydrogens is 352 g/mol. The van der Waals surface area contributed by atoms with Crippen LogP contribution in [0.4, 0.5) is 0 Å². The molecule has 3 fully saturated rings. The van der Waals surface area contributed by atoms with E-state index < -0.39 is 10.0 Å². The molecule has 3 saturated heterocycles. The van der Waals surface area contributed by atoms with Crippen molar-refractivity contribution < 1.29 is 17.9 Å². The van der Waals surface area contributed by atoms with Crippen molar-refractivity contribution in [2.24, 2.45) is 11.8 Å². The maximum Gasteiger partial charge on any atom is 0.243 e. The van der Waals surface area contributed by atoms with Gasteiger partial charge in [0.2, 0.25) is 10.0 Å². The van der Waals surface area contributed by atoms with Crippen molar-refractivity contribution in [3.8, 4) is 5.75 Å². The molecule has 1 aromatic rings. The zero-order valence-corrected chi connectivity index (χ0v) is 16.8. The lowest BCUT2D eigenvalue weighted by atomic mass is 9.73. The molecule has 1 aromatic carbocycles. The summed E-state index contributed by atoms with van der Waals surface area (Å²) in [7, 11) is 2.21. The Balaban J connectivity index is 1.61. The Morgan fingerprint density at radius 2 is 2.15 bits per heavy atom. The molecule has 4 rings (SSSR count). The van der Waals surface area contributed by atoms with E-state index in [0.29, 0.717) is 29.7 Å². The third-order valence-electron chi connectivity index (χ3n) is 6.33. The van der Waals surface area contributed by atoms with Crippen molar-refractivity contribution in [2.75, 3.05) is 40.8 Å². The van der Waals surface area contributed by atoms with E-state index in [4.69, 9.17) is 9.47 Å². The molecule has 3 aliphatic rings. The number of hydrogen-bond donors (Lipinski definition) is 0. The van der Waals surface area contributed by atoms with Gasteiger partial charge < -0.3 is 14.4 Å². The van der Waals surface area contributed by atoms with Crippen molar-refractivity contribution in [3.63, 3.8) is 0 Å². The first-order valence-electron chi connectivity index (χ1n) is 9.24. The summed E-state index contributed by atoms with van der Waals surface area (Å²) in [4.78, 5) is 2.53. The number of fused-ring (bicyclic) bond motifs is 1. The van der Waals surface area contributed by atoms with E-state index in [1.807, 2.05) is 6.92 Å². The zero-order chi connectivity index (χ0) is 18.7. The number of benzene rings is 1. The lowest BCUT2D eigenvalue weighted by Gasteiger charge is -2.31. The fourth-order valence-corrected chi connectivity index (χ4v) is 6.77. The van der Waals surface area contributed by atoms with Crippen LogP contribution in [-0.2, 0) is 14.8 Å². The maximum absolute atomic E-state index is 13.2. The Labute approximate surface area is 156 Å². The molecular formula is C19H28N2O4S. The van der Waals surface area contributed by atoms with E-state index in [1.165, 1.54) is 0 Å². The standard InChI is InChI=1S/C19H28N2O4S/c1-13-9-14(5-6-17(13)24-4)26(22,23)21-11-16-15(10-20(2)3)18-7-8-19(16,12-21)25-18/h5-6,9,15-16,18H,7-8,10-12H2,1-4H3/t15-,16+,18+,19+/m0/s1. The molecule has 1 spiro atoms. The minimum Gasteiger partial charge on any atom is -0.496 e. The van der Waals surface area contributed by atoms with Crippen LogP contribution in [0.3, 0.4) is 0 Å². The lowest BCUT2D eigenvalue weighted by molar-refractivity contribution is 0.00739. The van der Waals surface area contributed by atoms with Crippen LogP contribution in [0.15, 0.2) is 23.1 Å². The van der Waals surface area contributed by atoms with E-state index in [-0.39, 0.29) is 17.6 Å². The molecule has 0 aliphatic carbocycles. The van der Waals surface area contributed by atoms with Gasteiger partial charge in [-0.15, -0.1) is 0 Å². The van der Waals surface area contributed by atoms with E-state index in [2.05, 4.69) is 19.0 Å². The summed E-state index contributed by atoms with van der Waals surface area (Å²) < 4.78 is 39.7. The molecule has 0 N–H and O–H groups in total. The first-order chi connectivity index (χ1) is 12.3. The summed E-state index contributed by atoms with van der Waals surface area (Å²) in [6.45, 7) is 3.85. The van der Waals surface area contributed by atoms with Gasteiger partial charge in [-0.05, 0) is 57.6 Å². The third-order valence-corrected chi connectivity index (χ3v) is 8.14. The highest BCUT2D eigenvalue weighted by molar-refractivity contribution is 7.89. The summed E-state index contributed by atoms with van der Waals surface area (Å²) in [5.41, 5.74) is 0.550. The number of sulfonamides is 1. The lowest BCUT2D eigenvalue weighted by Crippen LogP contribution is -2.40. The van der Waals surface area contributed by atoms with Crippen LogP contribution in [0, 0.1) is 18.8 Å². The quantitative estimate of drug-likeness (QED) is 0.779. The van der Waals surface area contributed by atoms with Crippen molar-refractivity contribution in [2.45, 2.75) is 36.4 Å². The molecule has 0 aromatic heterocycles. The topological polar surface area (TPSA) is 59.1 Å². The largest absolute Gasteiger partial charge is 0.496 e. The molecule has 6 nitrogen and oxygen atoms in total. The first kappa shape index (κ1) is 18.2. The monoisotopic (exact) mass is 380 g/mol. The van der Waals surface area contributed by atoms with Gasteiger partial charge in [-0.25, -0.2) is 8.42 Å². The molecule has 2 bridgehead atoms. The van der Waals surface area contributed by atoms with Gasteiger partial charge in [0.25, 0.3) is 0 Å². The second-order valence-electron chi connectivity index (χ2n) is 8.22. The van der Waals surface area contributed by atoms with Crippen LogP contribution >= 0.6 is 0 Å². The number of hydrogen-bond acceptors (Lipinski definition) is 5. The molecule has 144 valence electrons. The van der Waals surface area contributed by atoms with Crippen LogP contribution in [0.25, 0.3) is 0 Å². The molecule has 3 aliphatic heterocycles.